The third-order valence-corrected chi connectivity index (χ3v) is 5.89. The summed E-state index contributed by atoms with van der Waals surface area (Å²) in [6, 6.07) is 22.9. The second-order valence-corrected chi connectivity index (χ2v) is 7.81. The Balaban J connectivity index is 1.56. The molecule has 0 radical (unpaired) electrons. The van der Waals surface area contributed by atoms with Gasteiger partial charge in [0.05, 0.1) is 27.0 Å². The predicted molar refractivity (Wildman–Crippen MR) is 131 cm³/mol. The van der Waals surface area contributed by atoms with Crippen molar-refractivity contribution in [2.24, 2.45) is 5.10 Å². The first-order chi connectivity index (χ1) is 15.6. The Morgan fingerprint density at radius 3 is 2.44 bits per heavy atom. The van der Waals surface area contributed by atoms with Crippen molar-refractivity contribution < 1.29 is 9.47 Å². The molecule has 3 aromatic carbocycles. The molecule has 0 saturated heterocycles. The van der Waals surface area contributed by atoms with Crippen LogP contribution in [0.1, 0.15) is 27.9 Å². The van der Waals surface area contributed by atoms with E-state index in [-0.39, 0.29) is 0 Å². The number of fused-ring (bicyclic) bond motifs is 1. The standard InChI is InChI=1S/C27H29N3O2/c1-19-9-5-6-10-22(19)18-30-20(2)24(23-11-7-8-12-25(23)30)17-29-28-16-21-13-14-26(31-3)27(15-21)32-4/h5-15,17,28H,16,18H2,1-4H3/b29-17+. The zero-order valence-corrected chi connectivity index (χ0v) is 19.1. The third kappa shape index (κ3) is 4.33. The molecule has 164 valence electrons. The summed E-state index contributed by atoms with van der Waals surface area (Å²) in [5, 5.41) is 5.73. The van der Waals surface area contributed by atoms with Gasteiger partial charge in [-0.25, -0.2) is 0 Å². The quantitative estimate of drug-likeness (QED) is 0.301. The lowest BCUT2D eigenvalue weighted by Crippen LogP contribution is -2.07. The Hall–Kier alpha value is -3.73. The normalized spacial score (nSPS) is 11.2. The summed E-state index contributed by atoms with van der Waals surface area (Å²) in [5.74, 6) is 1.43. The van der Waals surface area contributed by atoms with E-state index < -0.39 is 0 Å². The van der Waals surface area contributed by atoms with Crippen LogP contribution in [0.15, 0.2) is 71.8 Å². The maximum absolute atomic E-state index is 5.38. The van der Waals surface area contributed by atoms with E-state index in [1.54, 1.807) is 14.2 Å². The maximum Gasteiger partial charge on any atom is 0.161 e. The number of ether oxygens (including phenoxy) is 2. The lowest BCUT2D eigenvalue weighted by molar-refractivity contribution is 0.354. The number of hydrogen-bond acceptors (Lipinski definition) is 4. The lowest BCUT2D eigenvalue weighted by atomic mass is 10.1. The molecule has 4 aromatic rings. The van der Waals surface area contributed by atoms with Crippen molar-refractivity contribution in [3.8, 4) is 11.5 Å². The number of para-hydroxylation sites is 1. The molecular formula is C27H29N3O2. The van der Waals surface area contributed by atoms with Crippen LogP contribution in [-0.2, 0) is 13.1 Å². The molecule has 0 unspecified atom stereocenters. The Morgan fingerprint density at radius 2 is 1.66 bits per heavy atom. The minimum absolute atomic E-state index is 0.595. The Morgan fingerprint density at radius 1 is 0.906 bits per heavy atom. The van der Waals surface area contributed by atoms with Crippen molar-refractivity contribution in [1.29, 1.82) is 0 Å². The Labute approximate surface area is 189 Å². The second kappa shape index (κ2) is 9.60. The van der Waals surface area contributed by atoms with Crippen molar-refractivity contribution >= 4 is 17.1 Å². The SMILES string of the molecule is COc1ccc(CN/N=C/c2c(C)n(Cc3ccccc3C)c3ccccc23)cc1OC. The van der Waals surface area contributed by atoms with E-state index in [1.807, 2.05) is 24.4 Å². The lowest BCUT2D eigenvalue weighted by Gasteiger charge is -2.11. The summed E-state index contributed by atoms with van der Waals surface area (Å²) in [6.45, 7) is 5.76. The summed E-state index contributed by atoms with van der Waals surface area (Å²) >= 11 is 0. The molecule has 0 saturated carbocycles. The summed E-state index contributed by atoms with van der Waals surface area (Å²) < 4.78 is 13.1. The minimum atomic E-state index is 0.595. The molecule has 0 aliphatic heterocycles. The monoisotopic (exact) mass is 427 g/mol. The number of benzene rings is 3. The van der Waals surface area contributed by atoms with Crippen LogP contribution in [0, 0.1) is 13.8 Å². The van der Waals surface area contributed by atoms with Gasteiger partial charge in [-0.05, 0) is 48.7 Å². The molecule has 0 aliphatic rings. The summed E-state index contributed by atoms with van der Waals surface area (Å²) in [6.07, 6.45) is 1.92. The van der Waals surface area contributed by atoms with Gasteiger partial charge in [0, 0.05) is 28.7 Å². The van der Waals surface area contributed by atoms with Crippen LogP contribution >= 0.6 is 0 Å². The van der Waals surface area contributed by atoms with Crippen LogP contribution < -0.4 is 14.9 Å². The van der Waals surface area contributed by atoms with E-state index in [1.165, 1.54) is 27.7 Å². The molecule has 1 N–H and O–H groups in total. The van der Waals surface area contributed by atoms with Crippen molar-refractivity contribution in [2.45, 2.75) is 26.9 Å². The number of nitrogens with one attached hydrogen (secondary N) is 1. The molecule has 0 spiro atoms. The maximum atomic E-state index is 5.38. The van der Waals surface area contributed by atoms with Crippen molar-refractivity contribution in [3.63, 3.8) is 0 Å². The smallest absolute Gasteiger partial charge is 0.161 e. The fraction of sp³-hybridized carbons (Fsp3) is 0.222. The predicted octanol–water partition coefficient (Wildman–Crippen LogP) is 5.45. The minimum Gasteiger partial charge on any atom is -0.493 e. The van der Waals surface area contributed by atoms with E-state index in [0.717, 1.165) is 23.4 Å². The van der Waals surface area contributed by atoms with Gasteiger partial charge in [-0.3, -0.25) is 0 Å². The number of aryl methyl sites for hydroxylation is 1. The highest BCUT2D eigenvalue weighted by atomic mass is 16.5. The van der Waals surface area contributed by atoms with Crippen LogP contribution in [-0.4, -0.2) is 25.0 Å². The molecule has 1 heterocycles. The number of hydrogen-bond donors (Lipinski definition) is 1. The largest absolute Gasteiger partial charge is 0.493 e. The van der Waals surface area contributed by atoms with Gasteiger partial charge in [0.15, 0.2) is 11.5 Å². The highest BCUT2D eigenvalue weighted by Crippen LogP contribution is 2.28. The third-order valence-electron chi connectivity index (χ3n) is 5.89. The average Bonchev–Trinajstić information content (AvgIpc) is 3.09. The number of hydrazone groups is 1. The topological polar surface area (TPSA) is 47.8 Å². The van der Waals surface area contributed by atoms with Gasteiger partial charge in [-0.2, -0.15) is 5.10 Å². The van der Waals surface area contributed by atoms with Gasteiger partial charge >= 0.3 is 0 Å². The zero-order valence-electron chi connectivity index (χ0n) is 19.1. The van der Waals surface area contributed by atoms with Crippen LogP contribution in [0.3, 0.4) is 0 Å². The fourth-order valence-corrected chi connectivity index (χ4v) is 4.02. The molecular weight excluding hydrogens is 398 g/mol. The van der Waals surface area contributed by atoms with Crippen molar-refractivity contribution in [2.75, 3.05) is 14.2 Å². The van der Waals surface area contributed by atoms with Gasteiger partial charge in [0.2, 0.25) is 0 Å². The van der Waals surface area contributed by atoms with Crippen molar-refractivity contribution in [3.05, 3.63) is 94.7 Å². The Kier molecular flexibility index (Phi) is 6.45. The van der Waals surface area contributed by atoms with Gasteiger partial charge in [-0.1, -0.05) is 48.5 Å². The van der Waals surface area contributed by atoms with Gasteiger partial charge in [0.1, 0.15) is 0 Å². The van der Waals surface area contributed by atoms with E-state index in [2.05, 4.69) is 77.5 Å². The Bertz CT molecular complexity index is 1260. The van der Waals surface area contributed by atoms with Gasteiger partial charge in [-0.15, -0.1) is 0 Å². The first kappa shape index (κ1) is 21.5. The summed E-state index contributed by atoms with van der Waals surface area (Å²) in [5.41, 5.74) is 10.4. The molecule has 5 heteroatoms. The van der Waals surface area contributed by atoms with Gasteiger partial charge < -0.3 is 19.5 Å². The molecule has 4 rings (SSSR count). The molecule has 0 bridgehead atoms. The van der Waals surface area contributed by atoms with E-state index in [4.69, 9.17) is 9.47 Å². The molecule has 0 atom stereocenters. The van der Waals surface area contributed by atoms with Crippen LogP contribution in [0.5, 0.6) is 11.5 Å². The molecule has 0 aliphatic carbocycles. The van der Waals surface area contributed by atoms with Gasteiger partial charge in [0.25, 0.3) is 0 Å². The first-order valence-electron chi connectivity index (χ1n) is 10.7. The highest BCUT2D eigenvalue weighted by Gasteiger charge is 2.13. The first-order valence-corrected chi connectivity index (χ1v) is 10.7. The van der Waals surface area contributed by atoms with E-state index in [0.29, 0.717) is 12.3 Å². The second-order valence-electron chi connectivity index (χ2n) is 7.81. The number of methoxy groups -OCH3 is 2. The molecule has 32 heavy (non-hydrogen) atoms. The summed E-state index contributed by atoms with van der Waals surface area (Å²) in [4.78, 5) is 0. The average molecular weight is 428 g/mol. The number of aromatic nitrogens is 1. The van der Waals surface area contributed by atoms with Crippen LogP contribution in [0.25, 0.3) is 10.9 Å². The van der Waals surface area contributed by atoms with Crippen LogP contribution in [0.2, 0.25) is 0 Å². The van der Waals surface area contributed by atoms with Crippen molar-refractivity contribution in [1.82, 2.24) is 9.99 Å². The number of rotatable bonds is 8. The molecule has 0 fully saturated rings. The van der Waals surface area contributed by atoms with Crippen LogP contribution in [0.4, 0.5) is 0 Å². The van der Waals surface area contributed by atoms with E-state index in [9.17, 15) is 0 Å². The number of nitrogens with zero attached hydrogens (tertiary/aromatic N) is 2. The molecule has 0 amide bonds. The zero-order chi connectivity index (χ0) is 22.5. The molecule has 1 aromatic heterocycles. The fourth-order valence-electron chi connectivity index (χ4n) is 4.02. The summed E-state index contributed by atoms with van der Waals surface area (Å²) in [7, 11) is 3.28. The highest BCUT2D eigenvalue weighted by molar-refractivity contribution is 6.01. The van der Waals surface area contributed by atoms with E-state index >= 15 is 0 Å². The molecule has 5 nitrogen and oxygen atoms in total.